The first kappa shape index (κ1) is 13.7. The fourth-order valence-corrected chi connectivity index (χ4v) is 4.47. The first-order valence-corrected chi connectivity index (χ1v) is 8.59. The lowest BCUT2D eigenvalue weighted by molar-refractivity contribution is 0.117. The number of hydrogen-bond donors (Lipinski definition) is 1. The maximum absolute atomic E-state index is 3.55. The summed E-state index contributed by atoms with van der Waals surface area (Å²) in [5, 5.41) is 3.55. The maximum Gasteiger partial charge on any atom is 0.0233 e. The van der Waals surface area contributed by atoms with E-state index in [-0.39, 0.29) is 0 Å². The number of benzene rings is 1. The fraction of sp³-hybridized carbons (Fsp3) is 0.667. The highest BCUT2D eigenvalue weighted by molar-refractivity contribution is 5.14. The van der Waals surface area contributed by atoms with Crippen LogP contribution in [-0.2, 0) is 6.54 Å². The van der Waals surface area contributed by atoms with Crippen molar-refractivity contribution in [2.24, 2.45) is 11.8 Å². The van der Waals surface area contributed by atoms with Crippen LogP contribution in [0.1, 0.15) is 18.4 Å². The van der Waals surface area contributed by atoms with Crippen LogP contribution in [-0.4, -0.2) is 55.1 Å². The van der Waals surface area contributed by atoms with Gasteiger partial charge in [-0.15, -0.1) is 0 Å². The Morgan fingerprint density at radius 1 is 0.952 bits per heavy atom. The van der Waals surface area contributed by atoms with E-state index >= 15 is 0 Å². The van der Waals surface area contributed by atoms with Gasteiger partial charge in [0.25, 0.3) is 0 Å². The molecule has 3 saturated heterocycles. The number of likely N-dealkylation sites (tertiary alicyclic amines) is 2. The average molecular weight is 285 g/mol. The minimum Gasteiger partial charge on any atom is -0.316 e. The molecule has 1 N–H and O–H groups in total. The smallest absolute Gasteiger partial charge is 0.0233 e. The third-order valence-electron chi connectivity index (χ3n) is 5.74. The number of piperidine rings is 1. The van der Waals surface area contributed by atoms with E-state index in [4.69, 9.17) is 0 Å². The third-order valence-corrected chi connectivity index (χ3v) is 5.74. The summed E-state index contributed by atoms with van der Waals surface area (Å²) in [6, 6.07) is 11.8. The van der Waals surface area contributed by atoms with Crippen LogP contribution in [0.3, 0.4) is 0 Å². The van der Waals surface area contributed by atoms with Crippen LogP contribution in [0, 0.1) is 11.8 Å². The van der Waals surface area contributed by atoms with Gasteiger partial charge in [-0.1, -0.05) is 30.3 Å². The summed E-state index contributed by atoms with van der Waals surface area (Å²) in [4.78, 5) is 5.43. The summed E-state index contributed by atoms with van der Waals surface area (Å²) >= 11 is 0. The Balaban J connectivity index is 1.27. The zero-order valence-corrected chi connectivity index (χ0v) is 12.9. The average Bonchev–Trinajstić information content (AvgIpc) is 3.10. The molecule has 0 unspecified atom stereocenters. The van der Waals surface area contributed by atoms with E-state index in [2.05, 4.69) is 45.4 Å². The molecule has 0 bridgehead atoms. The van der Waals surface area contributed by atoms with Crippen LogP contribution in [0.4, 0.5) is 0 Å². The van der Waals surface area contributed by atoms with Crippen molar-refractivity contribution in [2.75, 3.05) is 39.3 Å². The van der Waals surface area contributed by atoms with Crippen LogP contribution in [0.25, 0.3) is 0 Å². The third kappa shape index (κ3) is 3.01. The Labute approximate surface area is 128 Å². The number of fused-ring (bicyclic) bond motifs is 1. The van der Waals surface area contributed by atoms with Gasteiger partial charge in [0.15, 0.2) is 0 Å². The predicted octanol–water partition coefficient (Wildman–Crippen LogP) is 1.80. The van der Waals surface area contributed by atoms with Gasteiger partial charge in [-0.25, -0.2) is 0 Å². The lowest BCUT2D eigenvalue weighted by Crippen LogP contribution is -2.44. The second-order valence-electron chi connectivity index (χ2n) is 7.13. The van der Waals surface area contributed by atoms with Crippen LogP contribution >= 0.6 is 0 Å². The second kappa shape index (κ2) is 6.07. The number of nitrogens with zero attached hydrogens (tertiary/aromatic N) is 2. The summed E-state index contributed by atoms with van der Waals surface area (Å²) < 4.78 is 0. The maximum atomic E-state index is 3.55. The molecule has 0 radical (unpaired) electrons. The van der Waals surface area contributed by atoms with Crippen LogP contribution < -0.4 is 5.32 Å². The number of hydrogen-bond acceptors (Lipinski definition) is 3. The van der Waals surface area contributed by atoms with Gasteiger partial charge in [0.1, 0.15) is 0 Å². The van der Waals surface area contributed by atoms with E-state index in [9.17, 15) is 0 Å². The highest BCUT2D eigenvalue weighted by atomic mass is 15.2. The first-order chi connectivity index (χ1) is 10.4. The quantitative estimate of drug-likeness (QED) is 0.913. The van der Waals surface area contributed by atoms with Crippen molar-refractivity contribution in [1.82, 2.24) is 15.1 Å². The van der Waals surface area contributed by atoms with Gasteiger partial charge < -0.3 is 5.32 Å². The highest BCUT2D eigenvalue weighted by Crippen LogP contribution is 2.30. The molecule has 3 aliphatic rings. The molecule has 2 atom stereocenters. The summed E-state index contributed by atoms with van der Waals surface area (Å²) in [5.74, 6) is 1.87. The van der Waals surface area contributed by atoms with Gasteiger partial charge in [-0.2, -0.15) is 0 Å². The van der Waals surface area contributed by atoms with Crippen molar-refractivity contribution >= 4 is 0 Å². The minimum atomic E-state index is 0.850. The lowest BCUT2D eigenvalue weighted by atomic mass is 10.0. The Bertz CT molecular complexity index is 441. The fourth-order valence-electron chi connectivity index (χ4n) is 4.47. The monoisotopic (exact) mass is 285 g/mol. The molecule has 0 aromatic heterocycles. The number of nitrogens with one attached hydrogen (secondary N) is 1. The summed E-state index contributed by atoms with van der Waals surface area (Å²) in [6.07, 6.45) is 2.72. The predicted molar refractivity (Wildman–Crippen MR) is 86.2 cm³/mol. The molecule has 114 valence electrons. The molecular weight excluding hydrogens is 258 g/mol. The van der Waals surface area contributed by atoms with Gasteiger partial charge >= 0.3 is 0 Å². The molecule has 0 saturated carbocycles. The van der Waals surface area contributed by atoms with Crippen LogP contribution in [0.5, 0.6) is 0 Å². The van der Waals surface area contributed by atoms with E-state index in [1.54, 1.807) is 0 Å². The van der Waals surface area contributed by atoms with Crippen molar-refractivity contribution in [3.05, 3.63) is 35.9 Å². The molecule has 1 aromatic carbocycles. The van der Waals surface area contributed by atoms with E-state index in [0.717, 1.165) is 24.4 Å². The van der Waals surface area contributed by atoms with E-state index in [1.165, 1.54) is 57.7 Å². The van der Waals surface area contributed by atoms with Gasteiger partial charge in [0.2, 0.25) is 0 Å². The SMILES string of the molecule is c1ccc(CN2CCC(N3C[C@H]4CNC[C@H]4C3)CC2)cc1. The Kier molecular flexibility index (Phi) is 3.97. The van der Waals surface area contributed by atoms with Crippen molar-refractivity contribution in [3.63, 3.8) is 0 Å². The number of rotatable bonds is 3. The molecule has 3 fully saturated rings. The topological polar surface area (TPSA) is 18.5 Å². The molecule has 0 spiro atoms. The van der Waals surface area contributed by atoms with Crippen molar-refractivity contribution < 1.29 is 0 Å². The normalized spacial score (nSPS) is 31.6. The van der Waals surface area contributed by atoms with Crippen molar-refractivity contribution in [2.45, 2.75) is 25.4 Å². The molecule has 3 heteroatoms. The van der Waals surface area contributed by atoms with Crippen molar-refractivity contribution in [3.8, 4) is 0 Å². The molecule has 3 nitrogen and oxygen atoms in total. The zero-order chi connectivity index (χ0) is 14.1. The summed E-state index contributed by atoms with van der Waals surface area (Å²) in [5.41, 5.74) is 1.46. The molecule has 0 aliphatic carbocycles. The Morgan fingerprint density at radius 3 is 2.29 bits per heavy atom. The molecule has 3 aliphatic heterocycles. The largest absolute Gasteiger partial charge is 0.316 e. The summed E-state index contributed by atoms with van der Waals surface area (Å²) in [6.45, 7) is 8.88. The summed E-state index contributed by atoms with van der Waals surface area (Å²) in [7, 11) is 0. The van der Waals surface area contributed by atoms with E-state index in [0.29, 0.717) is 0 Å². The standard InChI is InChI=1S/C18H27N3/c1-2-4-15(5-3-1)12-20-8-6-18(7-9-20)21-13-16-10-19-11-17(16)14-21/h1-5,16-19H,6-14H2/t16-,17+. The van der Waals surface area contributed by atoms with Crippen LogP contribution in [0.15, 0.2) is 30.3 Å². The first-order valence-electron chi connectivity index (χ1n) is 8.59. The Hall–Kier alpha value is -0.900. The molecular formula is C18H27N3. The van der Waals surface area contributed by atoms with E-state index in [1.807, 2.05) is 0 Å². The molecule has 3 heterocycles. The van der Waals surface area contributed by atoms with E-state index < -0.39 is 0 Å². The zero-order valence-electron chi connectivity index (χ0n) is 12.9. The molecule has 4 rings (SSSR count). The minimum absolute atomic E-state index is 0.850. The second-order valence-corrected chi connectivity index (χ2v) is 7.13. The van der Waals surface area contributed by atoms with Gasteiger partial charge in [0.05, 0.1) is 0 Å². The van der Waals surface area contributed by atoms with Gasteiger partial charge in [-0.3, -0.25) is 9.80 Å². The lowest BCUT2D eigenvalue weighted by Gasteiger charge is -2.37. The van der Waals surface area contributed by atoms with Gasteiger partial charge in [0, 0.05) is 25.7 Å². The van der Waals surface area contributed by atoms with Crippen LogP contribution in [0.2, 0.25) is 0 Å². The van der Waals surface area contributed by atoms with Crippen molar-refractivity contribution in [1.29, 1.82) is 0 Å². The molecule has 0 amide bonds. The highest BCUT2D eigenvalue weighted by Gasteiger charge is 2.39. The van der Waals surface area contributed by atoms with Gasteiger partial charge in [-0.05, 0) is 56.4 Å². The Morgan fingerprint density at radius 2 is 1.62 bits per heavy atom. The molecule has 21 heavy (non-hydrogen) atoms. The molecule has 1 aromatic rings.